The molecule has 1 aliphatic heterocycles. The number of amides is 1. The normalized spacial score (nSPS) is 16.0. The van der Waals surface area contributed by atoms with Crippen molar-refractivity contribution in [2.45, 2.75) is 31.4 Å². The van der Waals surface area contributed by atoms with Crippen molar-refractivity contribution in [2.75, 3.05) is 32.7 Å². The Morgan fingerprint density at radius 3 is 2.56 bits per heavy atom. The monoisotopic (exact) mass is 483 g/mol. The van der Waals surface area contributed by atoms with Crippen molar-refractivity contribution in [2.24, 2.45) is 0 Å². The molecule has 1 aromatic heterocycles. The molecule has 0 unspecified atom stereocenters. The van der Waals surface area contributed by atoms with E-state index >= 15 is 0 Å². The summed E-state index contributed by atoms with van der Waals surface area (Å²) in [5, 5.41) is -0.0496. The topological polar surface area (TPSA) is 109 Å². The zero-order chi connectivity index (χ0) is 23.3. The molecule has 1 aromatic carbocycles. The molecule has 0 spiro atoms. The molecule has 1 fully saturated rings. The number of likely N-dealkylation sites (N-methyl/N-ethyl adjacent to an activating group) is 1. The van der Waals surface area contributed by atoms with Gasteiger partial charge in [0.15, 0.2) is 6.10 Å². The van der Waals surface area contributed by atoms with Crippen LogP contribution in [0.15, 0.2) is 45.9 Å². The molecule has 0 saturated carbocycles. The fraction of sp³-hybridized carbons (Fsp3) is 0.429. The van der Waals surface area contributed by atoms with E-state index in [4.69, 9.17) is 20.8 Å². The second-order valence-electron chi connectivity index (χ2n) is 7.36. The van der Waals surface area contributed by atoms with Gasteiger partial charge >= 0.3 is 5.97 Å². The third kappa shape index (κ3) is 5.89. The third-order valence-corrected chi connectivity index (χ3v) is 7.12. The minimum Gasteiger partial charge on any atom is -0.468 e. The van der Waals surface area contributed by atoms with E-state index < -0.39 is 22.1 Å². The van der Waals surface area contributed by atoms with Crippen LogP contribution in [0, 0.1) is 0 Å². The van der Waals surface area contributed by atoms with E-state index in [0.29, 0.717) is 18.8 Å². The number of halogens is 1. The summed E-state index contributed by atoms with van der Waals surface area (Å²) in [6, 6.07) is 7.05. The van der Waals surface area contributed by atoms with Crippen LogP contribution in [0.25, 0.3) is 0 Å². The van der Waals surface area contributed by atoms with Crippen LogP contribution in [-0.4, -0.2) is 68.9 Å². The molecule has 174 valence electrons. The number of carbonyl (C=O) groups is 2. The van der Waals surface area contributed by atoms with Gasteiger partial charge in [-0.25, -0.2) is 17.9 Å². The standard InChI is InChI=1S/C21H26ClN3O6S/c1-3-24-8-10-25(11-9-24)20(26)15(2)31-21(27)16-6-7-18(22)19(13-16)32(28,29)23-14-17-5-4-12-30-17/h4-7,12-13,15,23H,3,8-11,14H2,1-2H3/t15-/m0/s1. The molecule has 1 amide bonds. The highest BCUT2D eigenvalue weighted by atomic mass is 35.5. The number of nitrogens with one attached hydrogen (secondary N) is 1. The minimum absolute atomic E-state index is 0.0248. The number of sulfonamides is 1. The van der Waals surface area contributed by atoms with Crippen LogP contribution in [0.5, 0.6) is 0 Å². The fourth-order valence-corrected chi connectivity index (χ4v) is 4.83. The average molecular weight is 484 g/mol. The van der Waals surface area contributed by atoms with E-state index in [1.165, 1.54) is 25.3 Å². The van der Waals surface area contributed by atoms with E-state index in [9.17, 15) is 18.0 Å². The highest BCUT2D eigenvalue weighted by Crippen LogP contribution is 2.24. The molecule has 1 saturated heterocycles. The first-order valence-electron chi connectivity index (χ1n) is 10.2. The first kappa shape index (κ1) is 24.2. The van der Waals surface area contributed by atoms with Crippen LogP contribution in [0.4, 0.5) is 0 Å². The summed E-state index contributed by atoms with van der Waals surface area (Å²) in [5.41, 5.74) is -0.0248. The Kier molecular flexibility index (Phi) is 7.94. The molecule has 0 radical (unpaired) electrons. The molecule has 3 rings (SSSR count). The number of esters is 1. The molecule has 1 aliphatic rings. The van der Waals surface area contributed by atoms with Gasteiger partial charge in [0.1, 0.15) is 10.7 Å². The molecular weight excluding hydrogens is 458 g/mol. The average Bonchev–Trinajstić information content (AvgIpc) is 3.31. The second kappa shape index (κ2) is 10.5. The number of ether oxygens (including phenoxy) is 1. The molecule has 1 atom stereocenters. The van der Waals surface area contributed by atoms with E-state index in [-0.39, 0.29) is 27.9 Å². The number of rotatable bonds is 8. The Morgan fingerprint density at radius 1 is 1.22 bits per heavy atom. The number of hydrogen-bond donors (Lipinski definition) is 1. The first-order valence-corrected chi connectivity index (χ1v) is 12.1. The zero-order valence-electron chi connectivity index (χ0n) is 17.9. The first-order chi connectivity index (χ1) is 15.2. The predicted molar refractivity (Wildman–Crippen MR) is 118 cm³/mol. The summed E-state index contributed by atoms with van der Waals surface area (Å²) in [6.07, 6.45) is 0.433. The molecular formula is C21H26ClN3O6S. The smallest absolute Gasteiger partial charge is 0.338 e. The summed E-state index contributed by atoms with van der Waals surface area (Å²) in [5.74, 6) is -0.666. The summed E-state index contributed by atoms with van der Waals surface area (Å²) in [6.45, 7) is 7.10. The lowest BCUT2D eigenvalue weighted by Gasteiger charge is -2.35. The van der Waals surface area contributed by atoms with Gasteiger partial charge < -0.3 is 19.0 Å². The summed E-state index contributed by atoms with van der Waals surface area (Å²) in [4.78, 5) is 28.9. The largest absolute Gasteiger partial charge is 0.468 e. The lowest BCUT2D eigenvalue weighted by molar-refractivity contribution is -0.141. The van der Waals surface area contributed by atoms with E-state index in [2.05, 4.69) is 16.5 Å². The van der Waals surface area contributed by atoms with Gasteiger partial charge in [-0.05, 0) is 43.8 Å². The van der Waals surface area contributed by atoms with Gasteiger partial charge in [0.2, 0.25) is 10.0 Å². The zero-order valence-corrected chi connectivity index (χ0v) is 19.5. The van der Waals surface area contributed by atoms with Crippen LogP contribution in [0.2, 0.25) is 5.02 Å². The van der Waals surface area contributed by atoms with Crippen LogP contribution < -0.4 is 4.72 Å². The van der Waals surface area contributed by atoms with Crippen molar-refractivity contribution in [3.05, 3.63) is 52.9 Å². The SMILES string of the molecule is CCN1CCN(C(=O)[C@H](C)OC(=O)c2ccc(Cl)c(S(=O)(=O)NCc3ccco3)c2)CC1. The van der Waals surface area contributed by atoms with Gasteiger partial charge in [0.05, 0.1) is 23.4 Å². The Morgan fingerprint density at radius 2 is 1.94 bits per heavy atom. The van der Waals surface area contributed by atoms with Crippen molar-refractivity contribution in [3.63, 3.8) is 0 Å². The molecule has 2 aromatic rings. The minimum atomic E-state index is -4.02. The number of furan rings is 1. The fourth-order valence-electron chi connectivity index (χ4n) is 3.31. The summed E-state index contributed by atoms with van der Waals surface area (Å²) in [7, 11) is -4.02. The van der Waals surface area contributed by atoms with Gasteiger partial charge in [0, 0.05) is 26.2 Å². The van der Waals surface area contributed by atoms with Crippen LogP contribution >= 0.6 is 11.6 Å². The van der Waals surface area contributed by atoms with Crippen LogP contribution in [0.3, 0.4) is 0 Å². The number of nitrogens with zero attached hydrogens (tertiary/aromatic N) is 2. The highest BCUT2D eigenvalue weighted by Gasteiger charge is 2.28. The number of benzene rings is 1. The van der Waals surface area contributed by atoms with E-state index in [1.54, 1.807) is 17.0 Å². The Labute approximate surface area is 192 Å². The molecule has 32 heavy (non-hydrogen) atoms. The van der Waals surface area contributed by atoms with Crippen LogP contribution in [0.1, 0.15) is 30.0 Å². The van der Waals surface area contributed by atoms with Crippen molar-refractivity contribution in [1.82, 2.24) is 14.5 Å². The van der Waals surface area contributed by atoms with E-state index in [1.807, 2.05) is 0 Å². The lowest BCUT2D eigenvalue weighted by Crippen LogP contribution is -2.51. The Hall–Kier alpha value is -2.40. The van der Waals surface area contributed by atoms with Crippen LogP contribution in [-0.2, 0) is 26.1 Å². The third-order valence-electron chi connectivity index (χ3n) is 5.24. The maximum atomic E-state index is 12.7. The van der Waals surface area contributed by atoms with Crippen molar-refractivity contribution in [1.29, 1.82) is 0 Å². The maximum absolute atomic E-state index is 12.7. The van der Waals surface area contributed by atoms with Gasteiger partial charge in [-0.15, -0.1) is 0 Å². The van der Waals surface area contributed by atoms with Gasteiger partial charge in [-0.3, -0.25) is 4.79 Å². The molecule has 9 nitrogen and oxygen atoms in total. The molecule has 0 bridgehead atoms. The number of hydrogen-bond acceptors (Lipinski definition) is 7. The maximum Gasteiger partial charge on any atom is 0.338 e. The van der Waals surface area contributed by atoms with Crippen molar-refractivity contribution >= 4 is 33.5 Å². The van der Waals surface area contributed by atoms with Gasteiger partial charge in [0.25, 0.3) is 5.91 Å². The van der Waals surface area contributed by atoms with Gasteiger partial charge in [-0.1, -0.05) is 18.5 Å². The predicted octanol–water partition coefficient (Wildman–Crippen LogP) is 2.12. The molecule has 0 aliphatic carbocycles. The molecule has 1 N–H and O–H groups in total. The molecule has 11 heteroatoms. The van der Waals surface area contributed by atoms with Gasteiger partial charge in [-0.2, -0.15) is 0 Å². The molecule has 2 heterocycles. The van der Waals surface area contributed by atoms with Crippen molar-refractivity contribution in [3.8, 4) is 0 Å². The summed E-state index contributed by atoms with van der Waals surface area (Å²) < 4.78 is 38.1. The Bertz CT molecular complexity index is 1050. The van der Waals surface area contributed by atoms with E-state index in [0.717, 1.165) is 25.7 Å². The number of piperazine rings is 1. The number of carbonyl (C=O) groups excluding carboxylic acids is 2. The van der Waals surface area contributed by atoms with Crippen molar-refractivity contribution < 1.29 is 27.2 Å². The highest BCUT2D eigenvalue weighted by molar-refractivity contribution is 7.89. The summed E-state index contributed by atoms with van der Waals surface area (Å²) >= 11 is 6.07. The quantitative estimate of drug-likeness (QED) is 0.573. The Balaban J connectivity index is 1.66. The second-order valence-corrected chi connectivity index (χ2v) is 9.50. The lowest BCUT2D eigenvalue weighted by atomic mass is 10.2.